The van der Waals surface area contributed by atoms with Crippen LogP contribution >= 0.6 is 11.8 Å². The standard InChI is InChI=1S/C16H16N2O2S/c19-15-7-6-13(16(20)17-8-10-21-11-9-17)12-18(15)14-4-2-1-3-5-14/h1-7,12H,8-11H2. The lowest BCUT2D eigenvalue weighted by Gasteiger charge is -2.26. The van der Waals surface area contributed by atoms with Gasteiger partial charge in [-0.1, -0.05) is 18.2 Å². The first-order chi connectivity index (χ1) is 10.3. The van der Waals surface area contributed by atoms with Gasteiger partial charge in [-0.3, -0.25) is 14.2 Å². The van der Waals surface area contributed by atoms with E-state index >= 15 is 0 Å². The first kappa shape index (κ1) is 13.9. The van der Waals surface area contributed by atoms with Gasteiger partial charge in [0.25, 0.3) is 11.5 Å². The Labute approximate surface area is 127 Å². The van der Waals surface area contributed by atoms with Gasteiger partial charge in [0, 0.05) is 42.5 Å². The number of pyridine rings is 1. The fourth-order valence-electron chi connectivity index (χ4n) is 2.35. The number of carbonyl (C=O) groups is 1. The second-order valence-corrected chi connectivity index (χ2v) is 6.09. The molecular weight excluding hydrogens is 284 g/mol. The third kappa shape index (κ3) is 3.03. The highest BCUT2D eigenvalue weighted by atomic mass is 32.2. The summed E-state index contributed by atoms with van der Waals surface area (Å²) >= 11 is 1.86. The monoisotopic (exact) mass is 300 g/mol. The Balaban J connectivity index is 1.94. The van der Waals surface area contributed by atoms with Gasteiger partial charge in [0.15, 0.2) is 0 Å². The smallest absolute Gasteiger partial charge is 0.255 e. The highest BCUT2D eigenvalue weighted by Gasteiger charge is 2.19. The van der Waals surface area contributed by atoms with E-state index < -0.39 is 0 Å². The van der Waals surface area contributed by atoms with Crippen molar-refractivity contribution in [3.05, 3.63) is 64.6 Å². The summed E-state index contributed by atoms with van der Waals surface area (Å²) in [4.78, 5) is 26.4. The van der Waals surface area contributed by atoms with Crippen LogP contribution in [0.4, 0.5) is 0 Å². The number of hydrogen-bond donors (Lipinski definition) is 0. The molecule has 5 heteroatoms. The largest absolute Gasteiger partial charge is 0.337 e. The maximum Gasteiger partial charge on any atom is 0.255 e. The zero-order valence-electron chi connectivity index (χ0n) is 11.6. The summed E-state index contributed by atoms with van der Waals surface area (Å²) in [5.41, 5.74) is 1.20. The van der Waals surface area contributed by atoms with Gasteiger partial charge in [0.1, 0.15) is 0 Å². The lowest BCUT2D eigenvalue weighted by atomic mass is 10.2. The molecule has 4 nitrogen and oxygen atoms in total. The Morgan fingerprint density at radius 2 is 1.71 bits per heavy atom. The molecule has 0 radical (unpaired) electrons. The molecule has 0 bridgehead atoms. The molecule has 108 valence electrons. The molecule has 21 heavy (non-hydrogen) atoms. The van der Waals surface area contributed by atoms with Crippen LogP contribution in [0.25, 0.3) is 5.69 Å². The molecular formula is C16H16N2O2S. The normalized spacial score (nSPS) is 15.0. The molecule has 1 aromatic heterocycles. The Morgan fingerprint density at radius 3 is 2.43 bits per heavy atom. The van der Waals surface area contributed by atoms with Gasteiger partial charge in [0.05, 0.1) is 5.56 Å². The summed E-state index contributed by atoms with van der Waals surface area (Å²) in [7, 11) is 0. The summed E-state index contributed by atoms with van der Waals surface area (Å²) in [6, 6.07) is 12.4. The third-order valence-electron chi connectivity index (χ3n) is 3.49. The maximum absolute atomic E-state index is 12.5. The van der Waals surface area contributed by atoms with Crippen LogP contribution in [-0.4, -0.2) is 40.0 Å². The van der Waals surface area contributed by atoms with Crippen molar-refractivity contribution in [2.45, 2.75) is 0 Å². The number of aromatic nitrogens is 1. The van der Waals surface area contributed by atoms with E-state index in [9.17, 15) is 9.59 Å². The number of amides is 1. The number of hydrogen-bond acceptors (Lipinski definition) is 3. The second kappa shape index (κ2) is 6.18. The van der Waals surface area contributed by atoms with Crippen molar-refractivity contribution >= 4 is 17.7 Å². The minimum absolute atomic E-state index is 0.0000175. The third-order valence-corrected chi connectivity index (χ3v) is 4.43. The number of nitrogens with zero attached hydrogens (tertiary/aromatic N) is 2. The molecule has 0 atom stereocenters. The van der Waals surface area contributed by atoms with E-state index in [1.165, 1.54) is 10.6 Å². The lowest BCUT2D eigenvalue weighted by Crippen LogP contribution is -2.38. The van der Waals surface area contributed by atoms with Gasteiger partial charge in [-0.05, 0) is 18.2 Å². The van der Waals surface area contributed by atoms with Gasteiger partial charge in [0.2, 0.25) is 0 Å². The molecule has 3 rings (SSSR count). The highest BCUT2D eigenvalue weighted by Crippen LogP contribution is 2.13. The summed E-state index contributed by atoms with van der Waals surface area (Å²) in [5.74, 6) is 1.95. The number of carbonyl (C=O) groups excluding carboxylic acids is 1. The van der Waals surface area contributed by atoms with Gasteiger partial charge < -0.3 is 4.90 Å². The molecule has 0 unspecified atom stereocenters. The van der Waals surface area contributed by atoms with Crippen molar-refractivity contribution in [2.75, 3.05) is 24.6 Å². The fraction of sp³-hybridized carbons (Fsp3) is 0.250. The quantitative estimate of drug-likeness (QED) is 0.852. The second-order valence-electron chi connectivity index (χ2n) is 4.87. The first-order valence-corrected chi connectivity index (χ1v) is 8.06. The van der Waals surface area contributed by atoms with Crippen molar-refractivity contribution in [2.24, 2.45) is 0 Å². The number of thioether (sulfide) groups is 1. The minimum Gasteiger partial charge on any atom is -0.337 e. The predicted molar refractivity (Wildman–Crippen MR) is 85.3 cm³/mol. The molecule has 0 saturated carbocycles. The fourth-order valence-corrected chi connectivity index (χ4v) is 3.26. The zero-order valence-corrected chi connectivity index (χ0v) is 12.4. The average Bonchev–Trinajstić information content (AvgIpc) is 2.56. The molecule has 0 N–H and O–H groups in total. The van der Waals surface area contributed by atoms with Crippen molar-refractivity contribution in [3.63, 3.8) is 0 Å². The van der Waals surface area contributed by atoms with Crippen LogP contribution in [0.5, 0.6) is 0 Å². The van der Waals surface area contributed by atoms with E-state index in [2.05, 4.69) is 0 Å². The average molecular weight is 300 g/mol. The number of para-hydroxylation sites is 1. The molecule has 1 aliphatic rings. The molecule has 1 fully saturated rings. The van der Waals surface area contributed by atoms with Crippen molar-refractivity contribution in [1.29, 1.82) is 0 Å². The van der Waals surface area contributed by atoms with Crippen LogP contribution in [0.15, 0.2) is 53.5 Å². The molecule has 1 amide bonds. The molecule has 1 aliphatic heterocycles. The zero-order chi connectivity index (χ0) is 14.7. The highest BCUT2D eigenvalue weighted by molar-refractivity contribution is 7.99. The maximum atomic E-state index is 12.5. The first-order valence-electron chi connectivity index (χ1n) is 6.91. The van der Waals surface area contributed by atoms with E-state index in [0.717, 1.165) is 30.3 Å². The van der Waals surface area contributed by atoms with Gasteiger partial charge >= 0.3 is 0 Å². The van der Waals surface area contributed by atoms with Crippen LogP contribution in [-0.2, 0) is 0 Å². The molecule has 1 saturated heterocycles. The number of benzene rings is 1. The van der Waals surface area contributed by atoms with Gasteiger partial charge in [-0.2, -0.15) is 11.8 Å². The number of rotatable bonds is 2. The topological polar surface area (TPSA) is 42.3 Å². The van der Waals surface area contributed by atoms with E-state index in [4.69, 9.17) is 0 Å². The molecule has 1 aromatic carbocycles. The van der Waals surface area contributed by atoms with Gasteiger partial charge in [-0.15, -0.1) is 0 Å². The van der Waals surface area contributed by atoms with E-state index in [0.29, 0.717) is 5.56 Å². The minimum atomic E-state index is -0.132. The van der Waals surface area contributed by atoms with E-state index in [-0.39, 0.29) is 11.5 Å². The SMILES string of the molecule is O=C(c1ccc(=O)n(-c2ccccc2)c1)N1CCSCC1. The molecule has 0 aliphatic carbocycles. The predicted octanol–water partition coefficient (Wildman–Crippen LogP) is 2.03. The van der Waals surface area contributed by atoms with Crippen molar-refractivity contribution in [1.82, 2.24) is 9.47 Å². The van der Waals surface area contributed by atoms with Crippen LogP contribution in [0.2, 0.25) is 0 Å². The van der Waals surface area contributed by atoms with Crippen molar-refractivity contribution < 1.29 is 4.79 Å². The molecule has 0 spiro atoms. The Kier molecular flexibility index (Phi) is 4.10. The van der Waals surface area contributed by atoms with Crippen LogP contribution in [0.3, 0.4) is 0 Å². The summed E-state index contributed by atoms with van der Waals surface area (Å²) in [6.07, 6.45) is 1.64. The summed E-state index contributed by atoms with van der Waals surface area (Å²) in [6.45, 7) is 1.54. The van der Waals surface area contributed by atoms with E-state index in [1.807, 2.05) is 47.0 Å². The molecule has 2 aromatic rings. The summed E-state index contributed by atoms with van der Waals surface area (Å²) < 4.78 is 1.52. The Hall–Kier alpha value is -2.01. The Bertz CT molecular complexity index is 691. The lowest BCUT2D eigenvalue weighted by molar-refractivity contribution is 0.0771. The van der Waals surface area contributed by atoms with Crippen LogP contribution in [0.1, 0.15) is 10.4 Å². The summed E-state index contributed by atoms with van der Waals surface area (Å²) in [5, 5.41) is 0. The van der Waals surface area contributed by atoms with Crippen LogP contribution < -0.4 is 5.56 Å². The van der Waals surface area contributed by atoms with Gasteiger partial charge in [-0.25, -0.2) is 0 Å². The van der Waals surface area contributed by atoms with Crippen LogP contribution in [0, 0.1) is 0 Å². The van der Waals surface area contributed by atoms with Crippen molar-refractivity contribution in [3.8, 4) is 5.69 Å². The molecule has 2 heterocycles. The Morgan fingerprint density at radius 1 is 1.00 bits per heavy atom. The van der Waals surface area contributed by atoms with E-state index in [1.54, 1.807) is 12.3 Å².